The first-order chi connectivity index (χ1) is 9.25. The number of pyridine rings is 1. The van der Waals surface area contributed by atoms with E-state index in [4.69, 9.17) is 4.74 Å². The van der Waals surface area contributed by atoms with Crippen molar-refractivity contribution in [1.82, 2.24) is 10.3 Å². The van der Waals surface area contributed by atoms with E-state index >= 15 is 0 Å². The average molecular weight is 266 g/mol. The summed E-state index contributed by atoms with van der Waals surface area (Å²) in [5.41, 5.74) is 1.88. The Bertz CT molecular complexity index is 520. The standard InChI is InChI=1S/C14H16F2N2O/c15-14(16)10-19-8-7-17-9-12-6-5-11-3-1-2-4-13(11)18-12/h1-6,14,17H,7-10H2. The second-order valence-electron chi connectivity index (χ2n) is 4.14. The summed E-state index contributed by atoms with van der Waals surface area (Å²) in [5.74, 6) is 0. The second kappa shape index (κ2) is 7.11. The number of aromatic nitrogens is 1. The number of benzene rings is 1. The fourth-order valence-corrected chi connectivity index (χ4v) is 1.74. The Kier molecular flexibility index (Phi) is 5.18. The van der Waals surface area contributed by atoms with Crippen LogP contribution in [0, 0.1) is 0 Å². The van der Waals surface area contributed by atoms with Crippen LogP contribution in [0.25, 0.3) is 10.9 Å². The number of rotatable bonds is 7. The molecule has 0 aliphatic heterocycles. The van der Waals surface area contributed by atoms with Crippen molar-refractivity contribution in [3.05, 3.63) is 42.1 Å². The maximum absolute atomic E-state index is 11.8. The quantitative estimate of drug-likeness (QED) is 0.782. The number of nitrogens with zero attached hydrogens (tertiary/aromatic N) is 1. The smallest absolute Gasteiger partial charge is 0.261 e. The van der Waals surface area contributed by atoms with Crippen LogP contribution in [0.15, 0.2) is 36.4 Å². The van der Waals surface area contributed by atoms with Crippen LogP contribution >= 0.6 is 0 Å². The fraction of sp³-hybridized carbons (Fsp3) is 0.357. The molecule has 0 fully saturated rings. The number of halogens is 2. The summed E-state index contributed by atoms with van der Waals surface area (Å²) in [6.07, 6.45) is -2.40. The molecule has 1 aromatic heterocycles. The molecule has 0 aliphatic rings. The number of hydrogen-bond acceptors (Lipinski definition) is 3. The van der Waals surface area contributed by atoms with E-state index in [-0.39, 0.29) is 6.61 Å². The van der Waals surface area contributed by atoms with Crippen LogP contribution in [0.5, 0.6) is 0 Å². The minimum atomic E-state index is -2.40. The van der Waals surface area contributed by atoms with Gasteiger partial charge in [-0.1, -0.05) is 24.3 Å². The van der Waals surface area contributed by atoms with E-state index in [0.29, 0.717) is 13.1 Å². The number of nitrogens with one attached hydrogen (secondary N) is 1. The Morgan fingerprint density at radius 2 is 2.00 bits per heavy atom. The first kappa shape index (κ1) is 13.8. The lowest BCUT2D eigenvalue weighted by Crippen LogP contribution is -2.21. The largest absolute Gasteiger partial charge is 0.374 e. The minimum absolute atomic E-state index is 0.276. The SMILES string of the molecule is FC(F)COCCNCc1ccc2ccccc2n1. The van der Waals surface area contributed by atoms with E-state index in [1.165, 1.54) is 0 Å². The molecule has 1 aromatic carbocycles. The Morgan fingerprint density at radius 1 is 1.16 bits per heavy atom. The Morgan fingerprint density at radius 3 is 2.84 bits per heavy atom. The van der Waals surface area contributed by atoms with Crippen LogP contribution < -0.4 is 5.32 Å². The molecule has 2 rings (SSSR count). The van der Waals surface area contributed by atoms with Crippen LogP contribution in [-0.2, 0) is 11.3 Å². The summed E-state index contributed by atoms with van der Waals surface area (Å²) in [7, 11) is 0. The molecule has 1 N–H and O–H groups in total. The predicted molar refractivity (Wildman–Crippen MR) is 70.3 cm³/mol. The lowest BCUT2D eigenvalue weighted by molar-refractivity contribution is 0.0187. The molecule has 5 heteroatoms. The second-order valence-corrected chi connectivity index (χ2v) is 4.14. The van der Waals surface area contributed by atoms with Gasteiger partial charge in [-0.05, 0) is 12.1 Å². The van der Waals surface area contributed by atoms with E-state index < -0.39 is 13.0 Å². The Hall–Kier alpha value is -1.59. The zero-order chi connectivity index (χ0) is 13.5. The van der Waals surface area contributed by atoms with Crippen molar-refractivity contribution in [2.75, 3.05) is 19.8 Å². The van der Waals surface area contributed by atoms with Crippen molar-refractivity contribution in [3.63, 3.8) is 0 Å². The molecule has 3 nitrogen and oxygen atoms in total. The van der Waals surface area contributed by atoms with Gasteiger partial charge >= 0.3 is 0 Å². The molecule has 0 aliphatic carbocycles. The first-order valence-electron chi connectivity index (χ1n) is 6.17. The van der Waals surface area contributed by atoms with Crippen molar-refractivity contribution in [3.8, 4) is 0 Å². The number of hydrogen-bond donors (Lipinski definition) is 1. The van der Waals surface area contributed by atoms with Gasteiger partial charge in [0.05, 0.1) is 17.8 Å². The van der Waals surface area contributed by atoms with E-state index in [0.717, 1.165) is 16.6 Å². The van der Waals surface area contributed by atoms with Crippen LogP contribution in [0.2, 0.25) is 0 Å². The number of ether oxygens (including phenoxy) is 1. The molecule has 2 aromatic rings. The number of alkyl halides is 2. The first-order valence-corrected chi connectivity index (χ1v) is 6.17. The van der Waals surface area contributed by atoms with Gasteiger partial charge in [-0.2, -0.15) is 0 Å². The summed E-state index contributed by atoms with van der Waals surface area (Å²) in [4.78, 5) is 4.50. The van der Waals surface area contributed by atoms with E-state index in [1.807, 2.05) is 36.4 Å². The summed E-state index contributed by atoms with van der Waals surface area (Å²) in [5, 5.41) is 4.21. The molecule has 19 heavy (non-hydrogen) atoms. The zero-order valence-corrected chi connectivity index (χ0v) is 10.5. The molecule has 0 saturated carbocycles. The van der Waals surface area contributed by atoms with E-state index in [9.17, 15) is 8.78 Å². The highest BCUT2D eigenvalue weighted by atomic mass is 19.3. The molecule has 0 bridgehead atoms. The Balaban J connectivity index is 1.75. The Labute approximate surface area is 110 Å². The molecular formula is C14H16F2N2O. The van der Waals surface area contributed by atoms with Gasteiger partial charge in [0.2, 0.25) is 0 Å². The lowest BCUT2D eigenvalue weighted by Gasteiger charge is -2.06. The van der Waals surface area contributed by atoms with Crippen LogP contribution in [-0.4, -0.2) is 31.2 Å². The molecular weight excluding hydrogens is 250 g/mol. The number of fused-ring (bicyclic) bond motifs is 1. The highest BCUT2D eigenvalue weighted by molar-refractivity contribution is 5.78. The van der Waals surface area contributed by atoms with Gasteiger partial charge in [-0.25, -0.2) is 8.78 Å². The van der Waals surface area contributed by atoms with Crippen molar-refractivity contribution in [1.29, 1.82) is 0 Å². The molecule has 0 spiro atoms. The highest BCUT2D eigenvalue weighted by Gasteiger charge is 2.01. The van der Waals surface area contributed by atoms with E-state index in [2.05, 4.69) is 10.3 Å². The van der Waals surface area contributed by atoms with Crippen LogP contribution in [0.4, 0.5) is 8.78 Å². The zero-order valence-electron chi connectivity index (χ0n) is 10.5. The van der Waals surface area contributed by atoms with Crippen LogP contribution in [0.3, 0.4) is 0 Å². The summed E-state index contributed by atoms with van der Waals surface area (Å²) in [6, 6.07) is 11.9. The van der Waals surface area contributed by atoms with Gasteiger partial charge < -0.3 is 10.1 Å². The third-order valence-corrected chi connectivity index (χ3v) is 2.63. The molecule has 0 saturated heterocycles. The van der Waals surface area contributed by atoms with E-state index in [1.54, 1.807) is 0 Å². The van der Waals surface area contributed by atoms with Crippen molar-refractivity contribution < 1.29 is 13.5 Å². The van der Waals surface area contributed by atoms with Gasteiger partial charge in [-0.3, -0.25) is 4.98 Å². The van der Waals surface area contributed by atoms with Gasteiger partial charge in [0.25, 0.3) is 6.43 Å². The lowest BCUT2D eigenvalue weighted by atomic mass is 10.2. The summed E-state index contributed by atoms with van der Waals surface area (Å²) < 4.78 is 28.4. The molecule has 0 amide bonds. The number of para-hydroxylation sites is 1. The van der Waals surface area contributed by atoms with Crippen molar-refractivity contribution in [2.24, 2.45) is 0 Å². The van der Waals surface area contributed by atoms with Gasteiger partial charge in [-0.15, -0.1) is 0 Å². The fourth-order valence-electron chi connectivity index (χ4n) is 1.74. The third-order valence-electron chi connectivity index (χ3n) is 2.63. The van der Waals surface area contributed by atoms with Gasteiger partial charge in [0.1, 0.15) is 6.61 Å². The normalized spacial score (nSPS) is 11.3. The average Bonchev–Trinajstić information content (AvgIpc) is 2.42. The maximum atomic E-state index is 11.8. The monoisotopic (exact) mass is 266 g/mol. The third kappa shape index (κ3) is 4.54. The molecule has 102 valence electrons. The van der Waals surface area contributed by atoms with Gasteiger partial charge in [0, 0.05) is 18.5 Å². The molecule has 0 radical (unpaired) electrons. The minimum Gasteiger partial charge on any atom is -0.374 e. The molecule has 1 heterocycles. The summed E-state index contributed by atoms with van der Waals surface area (Å²) in [6.45, 7) is 0.901. The van der Waals surface area contributed by atoms with Crippen molar-refractivity contribution in [2.45, 2.75) is 13.0 Å². The summed E-state index contributed by atoms with van der Waals surface area (Å²) >= 11 is 0. The topological polar surface area (TPSA) is 34.1 Å². The molecule has 0 unspecified atom stereocenters. The maximum Gasteiger partial charge on any atom is 0.261 e. The van der Waals surface area contributed by atoms with Crippen LogP contribution in [0.1, 0.15) is 5.69 Å². The predicted octanol–water partition coefficient (Wildman–Crippen LogP) is 2.61. The van der Waals surface area contributed by atoms with Gasteiger partial charge in [0.15, 0.2) is 0 Å². The highest BCUT2D eigenvalue weighted by Crippen LogP contribution is 2.11. The van der Waals surface area contributed by atoms with Crippen molar-refractivity contribution >= 4 is 10.9 Å². The molecule has 0 atom stereocenters.